The summed E-state index contributed by atoms with van der Waals surface area (Å²) in [4.78, 5) is 0. The maximum Gasteiger partial charge on any atom is 0.123 e. The Balaban J connectivity index is 2.23. The SMILES string of the molecule is OCC(Cc1cc(F)ccc1Br)c1ccc(Cl)cc1. The Kier molecular flexibility index (Phi) is 4.97. The van der Waals surface area contributed by atoms with Gasteiger partial charge in [-0.15, -0.1) is 0 Å². The van der Waals surface area contributed by atoms with Crippen LogP contribution in [0.4, 0.5) is 4.39 Å². The monoisotopic (exact) mass is 342 g/mol. The lowest BCUT2D eigenvalue weighted by Crippen LogP contribution is -2.08. The molecule has 0 aliphatic rings. The molecule has 0 spiro atoms. The third-order valence-corrected chi connectivity index (χ3v) is 4.06. The second-order valence-corrected chi connectivity index (χ2v) is 5.66. The van der Waals surface area contributed by atoms with E-state index in [0.717, 1.165) is 15.6 Å². The van der Waals surface area contributed by atoms with Crippen LogP contribution in [0.2, 0.25) is 5.02 Å². The van der Waals surface area contributed by atoms with Crippen LogP contribution in [0.5, 0.6) is 0 Å². The Hall–Kier alpha value is -0.900. The molecule has 0 radical (unpaired) electrons. The first-order valence-corrected chi connectivity index (χ1v) is 7.07. The highest BCUT2D eigenvalue weighted by atomic mass is 79.9. The standard InChI is InChI=1S/C15H13BrClFO/c16-15-6-5-14(18)8-11(15)7-12(9-19)10-1-3-13(17)4-2-10/h1-6,8,12,19H,7,9H2. The molecule has 0 heterocycles. The normalized spacial score (nSPS) is 12.4. The lowest BCUT2D eigenvalue weighted by Gasteiger charge is -2.16. The van der Waals surface area contributed by atoms with Crippen molar-refractivity contribution in [2.75, 3.05) is 6.61 Å². The van der Waals surface area contributed by atoms with Gasteiger partial charge in [0, 0.05) is 15.4 Å². The molecule has 0 aromatic heterocycles. The average Bonchev–Trinajstić information content (AvgIpc) is 2.41. The lowest BCUT2D eigenvalue weighted by molar-refractivity contribution is 0.264. The Labute approximate surface area is 125 Å². The van der Waals surface area contributed by atoms with E-state index in [2.05, 4.69) is 15.9 Å². The van der Waals surface area contributed by atoms with Gasteiger partial charge < -0.3 is 5.11 Å². The van der Waals surface area contributed by atoms with Crippen molar-refractivity contribution in [3.05, 3.63) is 68.9 Å². The van der Waals surface area contributed by atoms with Crippen LogP contribution < -0.4 is 0 Å². The molecule has 0 aliphatic heterocycles. The van der Waals surface area contributed by atoms with E-state index in [1.165, 1.54) is 12.1 Å². The highest BCUT2D eigenvalue weighted by Crippen LogP contribution is 2.26. The minimum absolute atomic E-state index is 0.00455. The first-order valence-electron chi connectivity index (χ1n) is 5.90. The van der Waals surface area contributed by atoms with Gasteiger partial charge >= 0.3 is 0 Å². The van der Waals surface area contributed by atoms with Crippen LogP contribution in [0.15, 0.2) is 46.9 Å². The fourth-order valence-electron chi connectivity index (χ4n) is 1.99. The van der Waals surface area contributed by atoms with E-state index in [9.17, 15) is 9.50 Å². The van der Waals surface area contributed by atoms with Crippen molar-refractivity contribution in [1.29, 1.82) is 0 Å². The van der Waals surface area contributed by atoms with Crippen molar-refractivity contribution in [2.45, 2.75) is 12.3 Å². The molecule has 1 atom stereocenters. The third-order valence-electron chi connectivity index (χ3n) is 3.04. The van der Waals surface area contributed by atoms with Gasteiger partial charge in [0.05, 0.1) is 6.61 Å². The predicted molar refractivity (Wildman–Crippen MR) is 79.1 cm³/mol. The predicted octanol–water partition coefficient (Wildman–Crippen LogP) is 4.56. The summed E-state index contributed by atoms with van der Waals surface area (Å²) >= 11 is 9.25. The van der Waals surface area contributed by atoms with Crippen molar-refractivity contribution in [3.63, 3.8) is 0 Å². The molecule has 0 amide bonds. The van der Waals surface area contributed by atoms with E-state index in [1.54, 1.807) is 18.2 Å². The maximum atomic E-state index is 13.3. The van der Waals surface area contributed by atoms with Crippen molar-refractivity contribution < 1.29 is 9.50 Å². The molecule has 2 aromatic carbocycles. The van der Waals surface area contributed by atoms with Crippen LogP contribution in [-0.2, 0) is 6.42 Å². The van der Waals surface area contributed by atoms with Crippen molar-refractivity contribution in [3.8, 4) is 0 Å². The van der Waals surface area contributed by atoms with E-state index >= 15 is 0 Å². The van der Waals surface area contributed by atoms with E-state index < -0.39 is 0 Å². The molecule has 0 fully saturated rings. The molecular weight excluding hydrogens is 331 g/mol. The number of rotatable bonds is 4. The zero-order valence-corrected chi connectivity index (χ0v) is 12.5. The number of halogens is 3. The Morgan fingerprint density at radius 2 is 1.84 bits per heavy atom. The minimum atomic E-state index is -0.272. The van der Waals surface area contributed by atoms with Crippen LogP contribution in [0.1, 0.15) is 17.0 Å². The molecule has 4 heteroatoms. The third kappa shape index (κ3) is 3.78. The summed E-state index contributed by atoms with van der Waals surface area (Å²) < 4.78 is 14.1. The zero-order chi connectivity index (χ0) is 13.8. The second-order valence-electron chi connectivity index (χ2n) is 4.37. The van der Waals surface area contributed by atoms with Gasteiger partial charge in [-0.25, -0.2) is 4.39 Å². The summed E-state index contributed by atoms with van der Waals surface area (Å²) in [5, 5.41) is 10.2. The second kappa shape index (κ2) is 6.51. The number of hydrogen-bond acceptors (Lipinski definition) is 1. The first kappa shape index (κ1) is 14.5. The lowest BCUT2D eigenvalue weighted by atomic mass is 9.93. The van der Waals surface area contributed by atoms with Crippen LogP contribution in [0.3, 0.4) is 0 Å². The summed E-state index contributed by atoms with van der Waals surface area (Å²) in [6, 6.07) is 11.9. The van der Waals surface area contributed by atoms with E-state index in [1.807, 2.05) is 12.1 Å². The van der Waals surface area contributed by atoms with Gasteiger partial charge in [0.2, 0.25) is 0 Å². The fraction of sp³-hybridized carbons (Fsp3) is 0.200. The van der Waals surface area contributed by atoms with Gasteiger partial charge in [-0.2, -0.15) is 0 Å². The molecule has 2 aromatic rings. The number of hydrogen-bond donors (Lipinski definition) is 1. The molecule has 1 unspecified atom stereocenters. The Morgan fingerprint density at radius 3 is 2.47 bits per heavy atom. The van der Waals surface area contributed by atoms with Crippen LogP contribution in [0.25, 0.3) is 0 Å². The fourth-order valence-corrected chi connectivity index (χ4v) is 2.52. The van der Waals surface area contributed by atoms with Crippen LogP contribution in [-0.4, -0.2) is 11.7 Å². The average molecular weight is 344 g/mol. The number of aliphatic hydroxyl groups is 1. The van der Waals surface area contributed by atoms with E-state index in [-0.39, 0.29) is 18.3 Å². The summed E-state index contributed by atoms with van der Waals surface area (Å²) in [5.41, 5.74) is 1.83. The molecule has 1 N–H and O–H groups in total. The minimum Gasteiger partial charge on any atom is -0.396 e. The molecule has 100 valence electrons. The Bertz CT molecular complexity index is 557. The summed E-state index contributed by atoms with van der Waals surface area (Å²) in [5.74, 6) is -0.346. The van der Waals surface area contributed by atoms with Crippen LogP contribution >= 0.6 is 27.5 Å². The smallest absolute Gasteiger partial charge is 0.123 e. The molecule has 1 nitrogen and oxygen atoms in total. The number of aliphatic hydroxyl groups excluding tert-OH is 1. The summed E-state index contributed by atoms with van der Waals surface area (Å²) in [6.45, 7) is 0.00455. The quantitative estimate of drug-likeness (QED) is 0.863. The Morgan fingerprint density at radius 1 is 1.16 bits per heavy atom. The van der Waals surface area contributed by atoms with Gasteiger partial charge in [-0.05, 0) is 47.9 Å². The van der Waals surface area contributed by atoms with Gasteiger partial charge in [0.25, 0.3) is 0 Å². The molecule has 0 aliphatic carbocycles. The topological polar surface area (TPSA) is 20.2 Å². The molecule has 19 heavy (non-hydrogen) atoms. The van der Waals surface area contributed by atoms with E-state index in [4.69, 9.17) is 11.6 Å². The first-order chi connectivity index (χ1) is 9.10. The van der Waals surface area contributed by atoms with Crippen molar-refractivity contribution in [1.82, 2.24) is 0 Å². The van der Waals surface area contributed by atoms with Crippen LogP contribution in [0, 0.1) is 5.82 Å². The summed E-state index contributed by atoms with van der Waals surface area (Å²) in [7, 11) is 0. The highest BCUT2D eigenvalue weighted by molar-refractivity contribution is 9.10. The van der Waals surface area contributed by atoms with E-state index in [0.29, 0.717) is 11.4 Å². The highest BCUT2D eigenvalue weighted by Gasteiger charge is 2.13. The van der Waals surface area contributed by atoms with Gasteiger partial charge in [-0.3, -0.25) is 0 Å². The maximum absolute atomic E-state index is 13.3. The van der Waals surface area contributed by atoms with Gasteiger partial charge in [0.1, 0.15) is 5.82 Å². The molecule has 2 rings (SSSR count). The largest absolute Gasteiger partial charge is 0.396 e. The van der Waals surface area contributed by atoms with Crippen molar-refractivity contribution >= 4 is 27.5 Å². The summed E-state index contributed by atoms with van der Waals surface area (Å²) in [6.07, 6.45) is 0.566. The van der Waals surface area contributed by atoms with Gasteiger partial charge in [-0.1, -0.05) is 39.7 Å². The molecule has 0 saturated heterocycles. The van der Waals surface area contributed by atoms with Crippen molar-refractivity contribution in [2.24, 2.45) is 0 Å². The van der Waals surface area contributed by atoms with Gasteiger partial charge in [0.15, 0.2) is 0 Å². The molecule has 0 saturated carbocycles. The molecular formula is C15H13BrClFO. The zero-order valence-electron chi connectivity index (χ0n) is 10.1. The number of benzene rings is 2. The molecule has 0 bridgehead atoms.